The van der Waals surface area contributed by atoms with E-state index in [9.17, 15) is 9.59 Å². The number of methoxy groups -OCH3 is 2. The zero-order valence-corrected chi connectivity index (χ0v) is 20.2. The number of thiophene rings is 1. The second-order valence-electron chi connectivity index (χ2n) is 8.70. The number of hydrogen-bond donors (Lipinski definition) is 0. The number of fused-ring (bicyclic) bond motifs is 1. The summed E-state index contributed by atoms with van der Waals surface area (Å²) in [6.45, 7) is 0.722. The summed E-state index contributed by atoms with van der Waals surface area (Å²) in [5.74, 6) is 1.36. The van der Waals surface area contributed by atoms with Gasteiger partial charge in [0.15, 0.2) is 0 Å². The SMILES string of the molecule is COc1ccc(C(=O)N(CC(=O)N2CCc3sccc3C2c2ccc(OC)cc2)C2CC2)cc1. The lowest BCUT2D eigenvalue weighted by molar-refractivity contribution is -0.134. The lowest BCUT2D eigenvalue weighted by atomic mass is 9.93. The predicted molar refractivity (Wildman–Crippen MR) is 132 cm³/mol. The quantitative estimate of drug-likeness (QED) is 0.502. The summed E-state index contributed by atoms with van der Waals surface area (Å²) in [4.78, 5) is 32.0. The van der Waals surface area contributed by atoms with E-state index in [2.05, 4.69) is 11.4 Å². The summed E-state index contributed by atoms with van der Waals surface area (Å²) in [5.41, 5.74) is 2.80. The molecule has 0 radical (unpaired) electrons. The van der Waals surface area contributed by atoms with Gasteiger partial charge in [0, 0.05) is 23.0 Å². The Bertz CT molecular complexity index is 1170. The van der Waals surface area contributed by atoms with Crippen LogP contribution in [0.2, 0.25) is 0 Å². The Morgan fingerprint density at radius 3 is 2.24 bits per heavy atom. The Morgan fingerprint density at radius 2 is 1.62 bits per heavy atom. The van der Waals surface area contributed by atoms with Gasteiger partial charge in [0.05, 0.1) is 20.3 Å². The zero-order chi connectivity index (χ0) is 23.7. The van der Waals surface area contributed by atoms with Gasteiger partial charge in [0.2, 0.25) is 5.91 Å². The minimum absolute atomic E-state index is 0.0218. The monoisotopic (exact) mass is 476 g/mol. The van der Waals surface area contributed by atoms with Gasteiger partial charge in [0.1, 0.15) is 18.0 Å². The van der Waals surface area contributed by atoms with E-state index < -0.39 is 0 Å². The van der Waals surface area contributed by atoms with Crippen LogP contribution in [-0.4, -0.2) is 55.0 Å². The molecule has 176 valence electrons. The first kappa shape index (κ1) is 22.5. The molecule has 1 unspecified atom stereocenters. The third kappa shape index (κ3) is 4.40. The molecule has 2 aliphatic rings. The van der Waals surface area contributed by atoms with Crippen molar-refractivity contribution in [2.24, 2.45) is 0 Å². The molecule has 1 saturated carbocycles. The van der Waals surface area contributed by atoms with Gasteiger partial charge in [-0.05, 0) is 78.2 Å². The Balaban J connectivity index is 1.40. The van der Waals surface area contributed by atoms with Gasteiger partial charge in [-0.25, -0.2) is 0 Å². The first-order chi connectivity index (χ1) is 16.6. The topological polar surface area (TPSA) is 59.1 Å². The first-order valence-electron chi connectivity index (χ1n) is 11.5. The molecule has 0 N–H and O–H groups in total. The summed E-state index contributed by atoms with van der Waals surface area (Å²) in [6, 6.07) is 17.1. The average molecular weight is 477 g/mol. The molecule has 7 heteroatoms. The summed E-state index contributed by atoms with van der Waals surface area (Å²) >= 11 is 1.74. The molecule has 1 aliphatic carbocycles. The fourth-order valence-corrected chi connectivity index (χ4v) is 5.52. The standard InChI is InChI=1S/C27H28N2O4S/c1-32-21-9-3-18(4-10-21)26-23-14-16-34-24(23)13-15-28(26)25(30)17-29(20-7-8-20)27(31)19-5-11-22(33-2)12-6-19/h3-6,9-12,14,16,20,26H,7-8,13,15,17H2,1-2H3. The molecule has 0 spiro atoms. The van der Waals surface area contributed by atoms with E-state index in [4.69, 9.17) is 9.47 Å². The maximum absolute atomic E-state index is 13.7. The van der Waals surface area contributed by atoms with Gasteiger partial charge in [-0.1, -0.05) is 12.1 Å². The first-order valence-corrected chi connectivity index (χ1v) is 12.4. The van der Waals surface area contributed by atoms with Crippen molar-refractivity contribution in [1.29, 1.82) is 0 Å². The summed E-state index contributed by atoms with van der Waals surface area (Å²) in [7, 11) is 3.25. The molecule has 1 aliphatic heterocycles. The van der Waals surface area contributed by atoms with Crippen molar-refractivity contribution >= 4 is 23.2 Å². The third-order valence-corrected chi connectivity index (χ3v) is 7.61. The van der Waals surface area contributed by atoms with Crippen molar-refractivity contribution in [1.82, 2.24) is 9.80 Å². The fourth-order valence-electron chi connectivity index (χ4n) is 4.62. The number of ether oxygens (including phenoxy) is 2. The Kier molecular flexibility index (Phi) is 6.28. The van der Waals surface area contributed by atoms with Gasteiger partial charge in [-0.2, -0.15) is 0 Å². The van der Waals surface area contributed by atoms with E-state index in [0.29, 0.717) is 17.9 Å². The second-order valence-corrected chi connectivity index (χ2v) is 9.71. The molecule has 34 heavy (non-hydrogen) atoms. The van der Waals surface area contributed by atoms with E-state index in [1.165, 1.54) is 10.4 Å². The maximum Gasteiger partial charge on any atom is 0.254 e. The van der Waals surface area contributed by atoms with Crippen molar-refractivity contribution in [2.75, 3.05) is 27.3 Å². The molecule has 1 atom stereocenters. The van der Waals surface area contributed by atoms with Crippen LogP contribution >= 0.6 is 11.3 Å². The Hall–Kier alpha value is -3.32. The van der Waals surface area contributed by atoms with Crippen LogP contribution in [0.1, 0.15) is 45.2 Å². The van der Waals surface area contributed by atoms with Gasteiger partial charge in [-0.15, -0.1) is 11.3 Å². The van der Waals surface area contributed by atoms with Crippen LogP contribution in [0.15, 0.2) is 60.0 Å². The zero-order valence-electron chi connectivity index (χ0n) is 19.4. The third-order valence-electron chi connectivity index (χ3n) is 6.61. The van der Waals surface area contributed by atoms with Crippen molar-refractivity contribution in [3.8, 4) is 11.5 Å². The van der Waals surface area contributed by atoms with Gasteiger partial charge >= 0.3 is 0 Å². The van der Waals surface area contributed by atoms with Crippen molar-refractivity contribution in [3.05, 3.63) is 81.5 Å². The van der Waals surface area contributed by atoms with Gasteiger partial charge in [-0.3, -0.25) is 9.59 Å². The highest BCUT2D eigenvalue weighted by atomic mass is 32.1. The molecule has 2 aromatic carbocycles. The predicted octanol–water partition coefficient (Wildman–Crippen LogP) is 4.54. The lowest BCUT2D eigenvalue weighted by Gasteiger charge is -2.37. The highest BCUT2D eigenvalue weighted by Crippen LogP contribution is 2.39. The molecule has 0 saturated heterocycles. The Labute approximate surface area is 203 Å². The molecule has 2 heterocycles. The summed E-state index contributed by atoms with van der Waals surface area (Å²) in [6.07, 6.45) is 2.71. The van der Waals surface area contributed by atoms with E-state index in [1.807, 2.05) is 29.2 Å². The molecular weight excluding hydrogens is 448 g/mol. The number of nitrogens with zero attached hydrogens (tertiary/aromatic N) is 2. The minimum atomic E-state index is -0.162. The van der Waals surface area contributed by atoms with Crippen LogP contribution in [0.4, 0.5) is 0 Å². The molecule has 0 bridgehead atoms. The second kappa shape index (κ2) is 9.50. The van der Waals surface area contributed by atoms with E-state index in [0.717, 1.165) is 30.6 Å². The molecule has 3 aromatic rings. The lowest BCUT2D eigenvalue weighted by Crippen LogP contribution is -2.47. The molecular formula is C27H28N2O4S. The van der Waals surface area contributed by atoms with Crippen molar-refractivity contribution in [3.63, 3.8) is 0 Å². The average Bonchev–Trinajstić information content (AvgIpc) is 3.62. The van der Waals surface area contributed by atoms with Crippen LogP contribution in [0, 0.1) is 0 Å². The van der Waals surface area contributed by atoms with Crippen LogP contribution in [0.3, 0.4) is 0 Å². The van der Waals surface area contributed by atoms with Crippen LogP contribution in [-0.2, 0) is 11.2 Å². The van der Waals surface area contributed by atoms with E-state index in [-0.39, 0.29) is 30.4 Å². The fraction of sp³-hybridized carbons (Fsp3) is 0.333. The molecule has 1 fully saturated rings. The summed E-state index contributed by atoms with van der Waals surface area (Å²) in [5, 5.41) is 2.10. The van der Waals surface area contributed by atoms with Crippen LogP contribution in [0.25, 0.3) is 0 Å². The largest absolute Gasteiger partial charge is 0.497 e. The smallest absolute Gasteiger partial charge is 0.254 e. The molecule has 5 rings (SSSR count). The number of amides is 2. The number of carbonyl (C=O) groups is 2. The van der Waals surface area contributed by atoms with E-state index >= 15 is 0 Å². The molecule has 1 aromatic heterocycles. The number of carbonyl (C=O) groups excluding carboxylic acids is 2. The minimum Gasteiger partial charge on any atom is -0.497 e. The Morgan fingerprint density at radius 1 is 0.971 bits per heavy atom. The van der Waals surface area contributed by atoms with Crippen molar-refractivity contribution in [2.45, 2.75) is 31.3 Å². The molecule has 2 amide bonds. The molecule has 6 nitrogen and oxygen atoms in total. The number of hydrogen-bond acceptors (Lipinski definition) is 5. The highest BCUT2D eigenvalue weighted by Gasteiger charge is 2.38. The van der Waals surface area contributed by atoms with Gasteiger partial charge < -0.3 is 19.3 Å². The van der Waals surface area contributed by atoms with E-state index in [1.54, 1.807) is 54.7 Å². The van der Waals surface area contributed by atoms with Crippen molar-refractivity contribution < 1.29 is 19.1 Å². The number of rotatable bonds is 7. The van der Waals surface area contributed by atoms with Crippen LogP contribution in [0.5, 0.6) is 11.5 Å². The normalized spacial score (nSPS) is 17.1. The maximum atomic E-state index is 13.7. The van der Waals surface area contributed by atoms with Crippen LogP contribution < -0.4 is 9.47 Å². The number of benzene rings is 2. The summed E-state index contributed by atoms with van der Waals surface area (Å²) < 4.78 is 10.5. The van der Waals surface area contributed by atoms with Gasteiger partial charge in [0.25, 0.3) is 5.91 Å². The highest BCUT2D eigenvalue weighted by molar-refractivity contribution is 7.10.